The van der Waals surface area contributed by atoms with Crippen molar-refractivity contribution in [3.8, 4) is 0 Å². The highest BCUT2D eigenvalue weighted by Gasteiger charge is 2.11. The quantitative estimate of drug-likeness (QED) is 0.818. The van der Waals surface area contributed by atoms with Crippen LogP contribution in [0.1, 0.15) is 12.0 Å². The summed E-state index contributed by atoms with van der Waals surface area (Å²) in [7, 11) is 0. The van der Waals surface area contributed by atoms with Crippen LogP contribution in [0.15, 0.2) is 36.9 Å². The number of nitrogens with two attached hydrogens (primary N) is 1. The number of amides is 1. The lowest BCUT2D eigenvalue weighted by atomic mass is 10.2. The van der Waals surface area contributed by atoms with Crippen LogP contribution in [-0.4, -0.2) is 23.9 Å². The molecule has 1 rings (SSSR count). The van der Waals surface area contributed by atoms with E-state index in [1.54, 1.807) is 11.0 Å². The van der Waals surface area contributed by atoms with E-state index in [2.05, 4.69) is 6.58 Å². The van der Waals surface area contributed by atoms with Crippen molar-refractivity contribution in [3.63, 3.8) is 0 Å². The minimum Gasteiger partial charge on any atom is -0.337 e. The molecule has 0 aliphatic rings. The van der Waals surface area contributed by atoms with Crippen molar-refractivity contribution in [1.29, 1.82) is 0 Å². The number of rotatable bonds is 6. The Kier molecular flexibility index (Phi) is 8.46. The van der Waals surface area contributed by atoms with Crippen LogP contribution >= 0.6 is 24.0 Å². The van der Waals surface area contributed by atoms with Gasteiger partial charge < -0.3 is 10.6 Å². The first-order chi connectivity index (χ1) is 8.17. The van der Waals surface area contributed by atoms with Gasteiger partial charge in [0.15, 0.2) is 0 Å². The number of hydrogen-bond donors (Lipinski definition) is 1. The van der Waals surface area contributed by atoms with Crippen LogP contribution in [0.3, 0.4) is 0 Å². The number of nitrogens with zero attached hydrogens (tertiary/aromatic N) is 1. The van der Waals surface area contributed by atoms with E-state index in [-0.39, 0.29) is 18.3 Å². The van der Waals surface area contributed by atoms with Crippen LogP contribution in [0.5, 0.6) is 0 Å². The molecule has 1 aromatic carbocycles. The molecule has 5 heteroatoms. The Morgan fingerprint density at radius 3 is 2.78 bits per heavy atom. The van der Waals surface area contributed by atoms with Gasteiger partial charge in [-0.1, -0.05) is 29.8 Å². The molecular weight excluding hydrogens is 271 g/mol. The summed E-state index contributed by atoms with van der Waals surface area (Å²) in [5.74, 6) is 0.0328. The molecule has 0 radical (unpaired) electrons. The van der Waals surface area contributed by atoms with Crippen LogP contribution in [0, 0.1) is 0 Å². The predicted molar refractivity (Wildman–Crippen MR) is 78.0 cm³/mol. The summed E-state index contributed by atoms with van der Waals surface area (Å²) in [5.41, 5.74) is 6.50. The molecule has 0 unspecified atom stereocenters. The maximum atomic E-state index is 11.8. The zero-order chi connectivity index (χ0) is 12.7. The van der Waals surface area contributed by atoms with Crippen molar-refractivity contribution < 1.29 is 4.79 Å². The number of hydrogen-bond acceptors (Lipinski definition) is 2. The van der Waals surface area contributed by atoms with Crippen molar-refractivity contribution in [2.45, 2.75) is 13.0 Å². The minimum absolute atomic E-state index is 0. The van der Waals surface area contributed by atoms with Gasteiger partial charge in [-0.05, 0) is 17.7 Å². The fourth-order valence-corrected chi connectivity index (χ4v) is 1.77. The summed E-state index contributed by atoms with van der Waals surface area (Å²) in [6.45, 7) is 5.09. The Morgan fingerprint density at radius 1 is 1.50 bits per heavy atom. The van der Waals surface area contributed by atoms with Gasteiger partial charge in [0.1, 0.15) is 0 Å². The first-order valence-corrected chi connectivity index (χ1v) is 5.88. The molecule has 1 aromatic rings. The van der Waals surface area contributed by atoms with Crippen molar-refractivity contribution in [2.24, 2.45) is 5.73 Å². The van der Waals surface area contributed by atoms with Crippen molar-refractivity contribution in [3.05, 3.63) is 47.5 Å². The first kappa shape index (κ1) is 17.0. The van der Waals surface area contributed by atoms with Crippen LogP contribution < -0.4 is 5.73 Å². The fourth-order valence-electron chi connectivity index (χ4n) is 1.56. The number of carbonyl (C=O) groups is 1. The molecule has 100 valence electrons. The van der Waals surface area contributed by atoms with Gasteiger partial charge in [0.05, 0.1) is 0 Å². The predicted octanol–water partition coefficient (Wildman–Crippen LogP) is 2.63. The average molecular weight is 289 g/mol. The van der Waals surface area contributed by atoms with Crippen molar-refractivity contribution >= 4 is 29.9 Å². The largest absolute Gasteiger partial charge is 0.337 e. The Hall–Kier alpha value is -1.03. The summed E-state index contributed by atoms with van der Waals surface area (Å²) >= 11 is 5.90. The second-order valence-electron chi connectivity index (χ2n) is 3.73. The standard InChI is InChI=1S/C13H17ClN2O.ClH/c1-2-4-13(17)16(8-7-15)10-11-5-3-6-12(14)9-11;/h2-3,5-6,9H,1,4,7-8,10,15H2;1H. The number of halogens is 2. The normalized spacial score (nSPS) is 9.44. The lowest BCUT2D eigenvalue weighted by molar-refractivity contribution is -0.130. The molecule has 0 saturated carbocycles. The maximum Gasteiger partial charge on any atom is 0.226 e. The summed E-state index contributed by atoms with van der Waals surface area (Å²) in [6.07, 6.45) is 1.93. The van der Waals surface area contributed by atoms with Crippen LogP contribution in [0.4, 0.5) is 0 Å². The molecule has 2 N–H and O–H groups in total. The van der Waals surface area contributed by atoms with Crippen molar-refractivity contribution in [1.82, 2.24) is 4.90 Å². The van der Waals surface area contributed by atoms with E-state index >= 15 is 0 Å². The second kappa shape index (κ2) is 8.97. The van der Waals surface area contributed by atoms with E-state index in [9.17, 15) is 4.79 Å². The van der Waals surface area contributed by atoms with E-state index in [4.69, 9.17) is 17.3 Å². The molecule has 0 spiro atoms. The van der Waals surface area contributed by atoms with E-state index in [0.29, 0.717) is 31.1 Å². The van der Waals surface area contributed by atoms with Gasteiger partial charge in [0.2, 0.25) is 5.91 Å². The summed E-state index contributed by atoms with van der Waals surface area (Å²) in [4.78, 5) is 13.5. The molecule has 0 heterocycles. The zero-order valence-electron chi connectivity index (χ0n) is 10.1. The van der Waals surface area contributed by atoms with E-state index in [1.165, 1.54) is 0 Å². The summed E-state index contributed by atoms with van der Waals surface area (Å²) in [5, 5.41) is 0.673. The lowest BCUT2D eigenvalue weighted by Crippen LogP contribution is -2.34. The molecule has 0 atom stereocenters. The third kappa shape index (κ3) is 5.54. The molecular formula is C13H18Cl2N2O. The highest BCUT2D eigenvalue weighted by Crippen LogP contribution is 2.13. The Bertz CT molecular complexity index is 396. The van der Waals surface area contributed by atoms with Gasteiger partial charge in [-0.3, -0.25) is 4.79 Å². The number of carbonyl (C=O) groups excluding carboxylic acids is 1. The zero-order valence-corrected chi connectivity index (χ0v) is 11.7. The third-order valence-electron chi connectivity index (χ3n) is 2.33. The van der Waals surface area contributed by atoms with E-state index in [1.807, 2.05) is 24.3 Å². The highest BCUT2D eigenvalue weighted by molar-refractivity contribution is 6.30. The van der Waals surface area contributed by atoms with Gasteiger partial charge in [0.25, 0.3) is 0 Å². The molecule has 0 fully saturated rings. The molecule has 0 bridgehead atoms. The number of benzene rings is 1. The van der Waals surface area contributed by atoms with Gasteiger partial charge >= 0.3 is 0 Å². The molecule has 18 heavy (non-hydrogen) atoms. The Morgan fingerprint density at radius 2 is 2.22 bits per heavy atom. The first-order valence-electron chi connectivity index (χ1n) is 5.50. The van der Waals surface area contributed by atoms with E-state index in [0.717, 1.165) is 5.56 Å². The molecule has 0 aliphatic carbocycles. The minimum atomic E-state index is 0. The molecule has 3 nitrogen and oxygen atoms in total. The maximum absolute atomic E-state index is 11.8. The Labute approximate surface area is 119 Å². The topological polar surface area (TPSA) is 46.3 Å². The molecule has 0 saturated heterocycles. The van der Waals surface area contributed by atoms with Gasteiger partial charge in [-0.15, -0.1) is 19.0 Å². The van der Waals surface area contributed by atoms with Gasteiger partial charge in [-0.2, -0.15) is 0 Å². The second-order valence-corrected chi connectivity index (χ2v) is 4.16. The Balaban J connectivity index is 0.00000289. The molecule has 0 aromatic heterocycles. The molecule has 0 aliphatic heterocycles. The smallest absolute Gasteiger partial charge is 0.226 e. The van der Waals surface area contributed by atoms with Gasteiger partial charge in [0, 0.05) is 31.1 Å². The third-order valence-corrected chi connectivity index (χ3v) is 2.57. The SMILES string of the molecule is C=CCC(=O)N(CCN)Cc1cccc(Cl)c1.Cl. The van der Waals surface area contributed by atoms with Crippen LogP contribution in [-0.2, 0) is 11.3 Å². The van der Waals surface area contributed by atoms with E-state index < -0.39 is 0 Å². The fraction of sp³-hybridized carbons (Fsp3) is 0.308. The van der Waals surface area contributed by atoms with Gasteiger partial charge in [-0.25, -0.2) is 0 Å². The van der Waals surface area contributed by atoms with Crippen molar-refractivity contribution in [2.75, 3.05) is 13.1 Å². The lowest BCUT2D eigenvalue weighted by Gasteiger charge is -2.21. The van der Waals surface area contributed by atoms with Crippen LogP contribution in [0.2, 0.25) is 5.02 Å². The monoisotopic (exact) mass is 288 g/mol. The van der Waals surface area contributed by atoms with Crippen LogP contribution in [0.25, 0.3) is 0 Å². The summed E-state index contributed by atoms with van der Waals surface area (Å²) < 4.78 is 0. The highest BCUT2D eigenvalue weighted by atomic mass is 35.5. The molecule has 1 amide bonds. The average Bonchev–Trinajstić information content (AvgIpc) is 2.29. The summed E-state index contributed by atoms with van der Waals surface area (Å²) in [6, 6.07) is 7.48.